The van der Waals surface area contributed by atoms with Crippen molar-refractivity contribution >= 4 is 34.0 Å². The number of imidazole rings is 1. The fourth-order valence-corrected chi connectivity index (χ4v) is 3.63. The standard InChI is InChI=1S/C16H17ClN2S/c1-11-7-9-20-14(11)10-19-15(6-8-17)18-13-5-3-4-12(2)16(13)19/h3-5,7,9H,6,8,10H2,1-2H3. The fraction of sp³-hybridized carbons (Fsp3) is 0.312. The summed E-state index contributed by atoms with van der Waals surface area (Å²) in [5.41, 5.74) is 4.92. The van der Waals surface area contributed by atoms with Crippen LogP contribution in [0.15, 0.2) is 29.6 Å². The molecule has 0 aliphatic heterocycles. The van der Waals surface area contributed by atoms with Crippen LogP contribution < -0.4 is 0 Å². The zero-order valence-electron chi connectivity index (χ0n) is 11.7. The summed E-state index contributed by atoms with van der Waals surface area (Å²) >= 11 is 7.75. The number of rotatable bonds is 4. The first-order valence-corrected chi connectivity index (χ1v) is 8.16. The molecule has 0 unspecified atom stereocenters. The molecule has 0 amide bonds. The van der Waals surface area contributed by atoms with Gasteiger partial charge in [-0.3, -0.25) is 0 Å². The van der Waals surface area contributed by atoms with Gasteiger partial charge in [0.2, 0.25) is 0 Å². The molecule has 0 aliphatic carbocycles. The highest BCUT2D eigenvalue weighted by molar-refractivity contribution is 7.10. The number of nitrogens with zero attached hydrogens (tertiary/aromatic N) is 2. The van der Waals surface area contributed by atoms with Gasteiger partial charge in [-0.2, -0.15) is 0 Å². The minimum Gasteiger partial charge on any atom is -0.322 e. The van der Waals surface area contributed by atoms with Gasteiger partial charge in [0, 0.05) is 17.2 Å². The Kier molecular flexibility index (Phi) is 3.81. The normalized spacial score (nSPS) is 11.3. The summed E-state index contributed by atoms with van der Waals surface area (Å²) in [4.78, 5) is 6.15. The zero-order chi connectivity index (χ0) is 14.1. The maximum atomic E-state index is 5.94. The van der Waals surface area contributed by atoms with Crippen molar-refractivity contribution in [3.05, 3.63) is 51.5 Å². The molecule has 0 radical (unpaired) electrons. The highest BCUT2D eigenvalue weighted by Gasteiger charge is 2.13. The van der Waals surface area contributed by atoms with E-state index in [4.69, 9.17) is 16.6 Å². The number of aromatic nitrogens is 2. The van der Waals surface area contributed by atoms with Gasteiger partial charge in [-0.15, -0.1) is 22.9 Å². The van der Waals surface area contributed by atoms with Crippen LogP contribution in [-0.4, -0.2) is 15.4 Å². The molecule has 0 fully saturated rings. The number of benzene rings is 1. The van der Waals surface area contributed by atoms with Gasteiger partial charge in [0.1, 0.15) is 5.82 Å². The number of alkyl halides is 1. The van der Waals surface area contributed by atoms with Gasteiger partial charge < -0.3 is 4.57 Å². The molecule has 0 atom stereocenters. The van der Waals surface area contributed by atoms with Crippen LogP contribution in [0.25, 0.3) is 11.0 Å². The van der Waals surface area contributed by atoms with Crippen LogP contribution in [-0.2, 0) is 13.0 Å². The van der Waals surface area contributed by atoms with Crippen molar-refractivity contribution in [3.8, 4) is 0 Å². The Labute approximate surface area is 128 Å². The van der Waals surface area contributed by atoms with Gasteiger partial charge in [0.15, 0.2) is 0 Å². The molecule has 0 N–H and O–H groups in total. The Balaban J connectivity index is 2.15. The number of para-hydroxylation sites is 1. The van der Waals surface area contributed by atoms with Crippen molar-refractivity contribution in [2.75, 3.05) is 5.88 Å². The van der Waals surface area contributed by atoms with E-state index in [0.29, 0.717) is 5.88 Å². The van der Waals surface area contributed by atoms with E-state index in [-0.39, 0.29) is 0 Å². The average Bonchev–Trinajstić information content (AvgIpc) is 2.97. The minimum atomic E-state index is 0.603. The van der Waals surface area contributed by atoms with Crippen molar-refractivity contribution in [3.63, 3.8) is 0 Å². The predicted molar refractivity (Wildman–Crippen MR) is 87.1 cm³/mol. The molecule has 0 bridgehead atoms. The Morgan fingerprint density at radius 1 is 1.20 bits per heavy atom. The lowest BCUT2D eigenvalue weighted by molar-refractivity contribution is 0.759. The molecular weight excluding hydrogens is 288 g/mol. The van der Waals surface area contributed by atoms with Crippen LogP contribution in [0.4, 0.5) is 0 Å². The quantitative estimate of drug-likeness (QED) is 0.647. The molecule has 0 saturated heterocycles. The summed E-state index contributed by atoms with van der Waals surface area (Å²) in [6.07, 6.45) is 0.806. The molecule has 4 heteroatoms. The number of thiophene rings is 1. The molecule has 0 aliphatic rings. The fourth-order valence-electron chi connectivity index (χ4n) is 2.57. The largest absolute Gasteiger partial charge is 0.322 e. The molecule has 20 heavy (non-hydrogen) atoms. The van der Waals surface area contributed by atoms with Crippen molar-refractivity contribution in [2.24, 2.45) is 0 Å². The van der Waals surface area contributed by atoms with Crippen LogP contribution >= 0.6 is 22.9 Å². The van der Waals surface area contributed by atoms with Gasteiger partial charge >= 0.3 is 0 Å². The van der Waals surface area contributed by atoms with Crippen LogP contribution in [0.5, 0.6) is 0 Å². The molecule has 1 aromatic carbocycles. The second kappa shape index (κ2) is 5.58. The Morgan fingerprint density at radius 3 is 2.75 bits per heavy atom. The van der Waals surface area contributed by atoms with E-state index < -0.39 is 0 Å². The average molecular weight is 305 g/mol. The third-order valence-corrected chi connectivity index (χ3v) is 4.83. The smallest absolute Gasteiger partial charge is 0.111 e. The molecule has 2 nitrogen and oxygen atoms in total. The van der Waals surface area contributed by atoms with Crippen LogP contribution in [0.3, 0.4) is 0 Å². The summed E-state index contributed by atoms with van der Waals surface area (Å²) in [6.45, 7) is 5.20. The highest BCUT2D eigenvalue weighted by atomic mass is 35.5. The van der Waals surface area contributed by atoms with E-state index in [1.165, 1.54) is 21.5 Å². The molecule has 0 spiro atoms. The highest BCUT2D eigenvalue weighted by Crippen LogP contribution is 2.24. The van der Waals surface area contributed by atoms with Gasteiger partial charge in [-0.25, -0.2) is 4.98 Å². The number of fused-ring (bicyclic) bond motifs is 1. The minimum absolute atomic E-state index is 0.603. The third-order valence-electron chi connectivity index (χ3n) is 3.64. The monoisotopic (exact) mass is 304 g/mol. The van der Waals surface area contributed by atoms with E-state index in [0.717, 1.165) is 24.3 Å². The molecule has 104 valence electrons. The molecule has 3 aromatic rings. The first kappa shape index (κ1) is 13.7. The third kappa shape index (κ3) is 2.36. The predicted octanol–water partition coefficient (Wildman–Crippen LogP) is 4.54. The molecule has 2 heterocycles. The van der Waals surface area contributed by atoms with E-state index in [9.17, 15) is 0 Å². The van der Waals surface area contributed by atoms with Crippen LogP contribution in [0.1, 0.15) is 21.8 Å². The van der Waals surface area contributed by atoms with E-state index >= 15 is 0 Å². The van der Waals surface area contributed by atoms with Crippen molar-refractivity contribution < 1.29 is 0 Å². The number of halogens is 1. The summed E-state index contributed by atoms with van der Waals surface area (Å²) in [6, 6.07) is 8.47. The maximum absolute atomic E-state index is 5.94. The van der Waals surface area contributed by atoms with E-state index in [2.05, 4.69) is 48.1 Å². The lowest BCUT2D eigenvalue weighted by Crippen LogP contribution is -2.06. The number of hydrogen-bond acceptors (Lipinski definition) is 2. The SMILES string of the molecule is Cc1ccsc1Cn1c(CCCl)nc2cccc(C)c21. The zero-order valence-corrected chi connectivity index (χ0v) is 13.3. The summed E-state index contributed by atoms with van der Waals surface area (Å²) in [5.74, 6) is 1.68. The van der Waals surface area contributed by atoms with Crippen molar-refractivity contribution in [2.45, 2.75) is 26.8 Å². The van der Waals surface area contributed by atoms with Gasteiger partial charge in [0.25, 0.3) is 0 Å². The van der Waals surface area contributed by atoms with Gasteiger partial charge in [-0.1, -0.05) is 12.1 Å². The van der Waals surface area contributed by atoms with Gasteiger partial charge in [0.05, 0.1) is 17.6 Å². The topological polar surface area (TPSA) is 17.8 Å². The van der Waals surface area contributed by atoms with E-state index in [1.807, 2.05) is 11.3 Å². The second-order valence-electron chi connectivity index (χ2n) is 5.02. The first-order chi connectivity index (χ1) is 9.70. The first-order valence-electron chi connectivity index (χ1n) is 6.74. The van der Waals surface area contributed by atoms with Crippen LogP contribution in [0, 0.1) is 13.8 Å². The van der Waals surface area contributed by atoms with Crippen molar-refractivity contribution in [1.82, 2.24) is 9.55 Å². The summed E-state index contributed by atoms with van der Waals surface area (Å²) in [7, 11) is 0. The number of hydrogen-bond donors (Lipinski definition) is 0. The Bertz CT molecular complexity index is 742. The second-order valence-corrected chi connectivity index (χ2v) is 6.40. The lowest BCUT2D eigenvalue weighted by atomic mass is 10.2. The van der Waals surface area contributed by atoms with E-state index in [1.54, 1.807) is 0 Å². The maximum Gasteiger partial charge on any atom is 0.111 e. The Morgan fingerprint density at radius 2 is 2.05 bits per heavy atom. The van der Waals surface area contributed by atoms with Gasteiger partial charge in [-0.05, 0) is 42.5 Å². The Hall–Kier alpha value is -1.32. The number of aryl methyl sites for hydroxylation is 3. The molecule has 3 rings (SSSR count). The molecule has 2 aromatic heterocycles. The summed E-state index contributed by atoms with van der Waals surface area (Å²) in [5, 5.41) is 2.15. The summed E-state index contributed by atoms with van der Waals surface area (Å²) < 4.78 is 2.33. The molecular formula is C16H17ClN2S. The molecule has 0 saturated carbocycles. The van der Waals surface area contributed by atoms with Crippen LogP contribution in [0.2, 0.25) is 0 Å². The lowest BCUT2D eigenvalue weighted by Gasteiger charge is -2.09. The van der Waals surface area contributed by atoms with Crippen molar-refractivity contribution in [1.29, 1.82) is 0 Å².